The second-order valence-corrected chi connectivity index (χ2v) is 7.78. The van der Waals surface area contributed by atoms with E-state index in [1.807, 2.05) is 0 Å². The number of nitrogens with zero attached hydrogens (tertiary/aromatic N) is 2. The molecular formula is C18H16ClFN4O2S. The van der Waals surface area contributed by atoms with Crippen LogP contribution in [0.15, 0.2) is 41.5 Å². The van der Waals surface area contributed by atoms with Gasteiger partial charge in [0.25, 0.3) is 5.91 Å². The predicted octanol–water partition coefficient (Wildman–Crippen LogP) is 3.38. The molecule has 0 bridgehead atoms. The molecule has 0 spiro atoms. The molecular weight excluding hydrogens is 391 g/mol. The number of nitrogens with two attached hydrogens (primary N) is 1. The number of hydrogen-bond donors (Lipinski definition) is 2. The van der Waals surface area contributed by atoms with Crippen molar-refractivity contribution in [3.8, 4) is 0 Å². The average Bonchev–Trinajstić information content (AvgIpc) is 3.07. The third kappa shape index (κ3) is 3.40. The highest BCUT2D eigenvalue weighted by Gasteiger charge is 2.49. The molecule has 0 aliphatic carbocycles. The van der Waals surface area contributed by atoms with Gasteiger partial charge in [0.2, 0.25) is 0 Å². The molecule has 2 aliphatic heterocycles. The summed E-state index contributed by atoms with van der Waals surface area (Å²) in [6.07, 6.45) is 2.16. The molecule has 2 unspecified atom stereocenters. The van der Waals surface area contributed by atoms with Crippen LogP contribution in [0.25, 0.3) is 0 Å². The monoisotopic (exact) mass is 406 g/mol. The van der Waals surface area contributed by atoms with Gasteiger partial charge in [0.05, 0.1) is 11.6 Å². The van der Waals surface area contributed by atoms with Gasteiger partial charge >= 0.3 is 0 Å². The van der Waals surface area contributed by atoms with Crippen LogP contribution in [-0.2, 0) is 10.5 Å². The van der Waals surface area contributed by atoms with Crippen LogP contribution >= 0.6 is 23.4 Å². The van der Waals surface area contributed by atoms with E-state index in [0.29, 0.717) is 28.2 Å². The Balaban J connectivity index is 1.67. The summed E-state index contributed by atoms with van der Waals surface area (Å²) in [6, 6.07) is 7.42. The maximum atomic E-state index is 14.7. The van der Waals surface area contributed by atoms with Crippen molar-refractivity contribution in [3.63, 3.8) is 0 Å². The van der Waals surface area contributed by atoms with Gasteiger partial charge in [0, 0.05) is 29.1 Å². The summed E-state index contributed by atoms with van der Waals surface area (Å²) < 4.78 is 20.6. The summed E-state index contributed by atoms with van der Waals surface area (Å²) in [5, 5.41) is 3.52. The number of anilines is 1. The number of rotatable bonds is 3. The summed E-state index contributed by atoms with van der Waals surface area (Å²) in [4.78, 5) is 20.8. The number of thioether (sulfide) groups is 1. The first-order valence-corrected chi connectivity index (χ1v) is 9.69. The van der Waals surface area contributed by atoms with E-state index in [-0.39, 0.29) is 17.2 Å². The highest BCUT2D eigenvalue weighted by atomic mass is 35.5. The summed E-state index contributed by atoms with van der Waals surface area (Å²) >= 11 is 7.23. The first-order chi connectivity index (χ1) is 13.0. The molecule has 3 heterocycles. The number of hydrogen-bond acceptors (Lipinski definition) is 6. The quantitative estimate of drug-likeness (QED) is 0.815. The standard InChI is InChI=1S/C18H16ClFN4O2S/c19-11-1-4-15(22-8-11)16(25)23-12-2-3-14(20)13(7-12)18-10(5-6-26-18)9-27-17(21)24-18/h1-4,7-8,10H,5-6,9H2,(H2,21,24)(H,23,25). The topological polar surface area (TPSA) is 89.6 Å². The van der Waals surface area contributed by atoms with Crippen LogP contribution in [0.2, 0.25) is 5.02 Å². The Morgan fingerprint density at radius 2 is 2.26 bits per heavy atom. The lowest BCUT2D eigenvalue weighted by atomic mass is 9.89. The van der Waals surface area contributed by atoms with Gasteiger partial charge in [-0.05, 0) is 36.8 Å². The van der Waals surface area contributed by atoms with E-state index in [2.05, 4.69) is 15.3 Å². The number of benzene rings is 1. The van der Waals surface area contributed by atoms with Crippen molar-refractivity contribution in [1.29, 1.82) is 0 Å². The summed E-state index contributed by atoms with van der Waals surface area (Å²) in [5.41, 5.74) is 5.65. The number of nitrogens with one attached hydrogen (secondary N) is 1. The zero-order valence-corrected chi connectivity index (χ0v) is 15.7. The molecule has 2 aromatic rings. The van der Waals surface area contributed by atoms with Crippen LogP contribution in [-0.4, -0.2) is 28.4 Å². The molecule has 0 radical (unpaired) electrons. The van der Waals surface area contributed by atoms with Crippen molar-refractivity contribution < 1.29 is 13.9 Å². The van der Waals surface area contributed by atoms with Gasteiger partial charge < -0.3 is 15.8 Å². The summed E-state index contributed by atoms with van der Waals surface area (Å²) in [5.74, 6) is -0.144. The molecule has 0 saturated carbocycles. The van der Waals surface area contributed by atoms with Gasteiger partial charge in [0.15, 0.2) is 10.9 Å². The smallest absolute Gasteiger partial charge is 0.274 e. The molecule has 4 rings (SSSR count). The number of fused-ring (bicyclic) bond motifs is 1. The highest BCUT2D eigenvalue weighted by Crippen LogP contribution is 2.48. The maximum Gasteiger partial charge on any atom is 0.274 e. The largest absolute Gasteiger partial charge is 0.378 e. The van der Waals surface area contributed by atoms with Gasteiger partial charge in [-0.25, -0.2) is 14.4 Å². The lowest BCUT2D eigenvalue weighted by molar-refractivity contribution is -0.0170. The zero-order chi connectivity index (χ0) is 19.0. The third-order valence-corrected chi connectivity index (χ3v) is 5.80. The van der Waals surface area contributed by atoms with Crippen molar-refractivity contribution in [1.82, 2.24) is 4.98 Å². The van der Waals surface area contributed by atoms with E-state index in [0.717, 1.165) is 6.42 Å². The maximum absolute atomic E-state index is 14.7. The fourth-order valence-electron chi connectivity index (χ4n) is 3.31. The second-order valence-electron chi connectivity index (χ2n) is 6.30. The zero-order valence-electron chi connectivity index (χ0n) is 14.1. The molecule has 1 aromatic carbocycles. The first-order valence-electron chi connectivity index (χ1n) is 8.33. The minimum absolute atomic E-state index is 0.0215. The molecule has 1 fully saturated rings. The van der Waals surface area contributed by atoms with E-state index in [1.165, 1.54) is 36.2 Å². The van der Waals surface area contributed by atoms with Gasteiger partial charge in [-0.2, -0.15) is 0 Å². The molecule has 3 N–H and O–H groups in total. The molecule has 2 atom stereocenters. The Morgan fingerprint density at radius 3 is 3.04 bits per heavy atom. The fraction of sp³-hybridized carbons (Fsp3) is 0.278. The van der Waals surface area contributed by atoms with E-state index < -0.39 is 17.4 Å². The number of halogens is 2. The lowest BCUT2D eigenvalue weighted by Crippen LogP contribution is -2.38. The minimum Gasteiger partial charge on any atom is -0.378 e. The number of amides is 1. The van der Waals surface area contributed by atoms with Crippen molar-refractivity contribution in [2.75, 3.05) is 17.7 Å². The minimum atomic E-state index is -1.14. The van der Waals surface area contributed by atoms with Crippen LogP contribution in [0.5, 0.6) is 0 Å². The molecule has 9 heteroatoms. The third-order valence-electron chi connectivity index (χ3n) is 4.62. The van der Waals surface area contributed by atoms with Gasteiger partial charge in [0.1, 0.15) is 11.5 Å². The molecule has 1 amide bonds. The van der Waals surface area contributed by atoms with E-state index >= 15 is 0 Å². The highest BCUT2D eigenvalue weighted by molar-refractivity contribution is 8.13. The Kier molecular flexibility index (Phi) is 4.79. The number of carbonyl (C=O) groups excluding carboxylic acids is 1. The Bertz CT molecular complexity index is 924. The van der Waals surface area contributed by atoms with Crippen LogP contribution in [0.1, 0.15) is 22.5 Å². The van der Waals surface area contributed by atoms with Crippen molar-refractivity contribution in [2.45, 2.75) is 12.1 Å². The fourth-order valence-corrected chi connectivity index (χ4v) is 4.39. The first kappa shape index (κ1) is 18.2. The van der Waals surface area contributed by atoms with Crippen LogP contribution in [0, 0.1) is 11.7 Å². The van der Waals surface area contributed by atoms with Gasteiger partial charge in [-0.1, -0.05) is 23.4 Å². The van der Waals surface area contributed by atoms with Crippen molar-refractivity contribution in [3.05, 3.63) is 58.6 Å². The number of ether oxygens (including phenoxy) is 1. The van der Waals surface area contributed by atoms with Gasteiger partial charge in [-0.3, -0.25) is 4.79 Å². The molecule has 140 valence electrons. The number of amidine groups is 1. The second kappa shape index (κ2) is 7.10. The van der Waals surface area contributed by atoms with Crippen LogP contribution in [0.4, 0.5) is 10.1 Å². The number of carbonyl (C=O) groups is 1. The Labute approximate surface area is 164 Å². The van der Waals surface area contributed by atoms with Crippen LogP contribution in [0.3, 0.4) is 0 Å². The Morgan fingerprint density at radius 1 is 1.41 bits per heavy atom. The Hall–Kier alpha value is -2.16. The lowest BCUT2D eigenvalue weighted by Gasteiger charge is -2.34. The number of pyridine rings is 1. The SMILES string of the molecule is NC1=NC2(c3cc(NC(=O)c4ccc(Cl)cn4)ccc3F)OCCC2CS1. The van der Waals surface area contributed by atoms with E-state index in [1.54, 1.807) is 12.1 Å². The summed E-state index contributed by atoms with van der Waals surface area (Å²) in [6.45, 7) is 0.479. The molecule has 1 saturated heterocycles. The van der Waals surface area contributed by atoms with E-state index in [9.17, 15) is 9.18 Å². The van der Waals surface area contributed by atoms with Crippen LogP contribution < -0.4 is 11.1 Å². The number of aromatic nitrogens is 1. The van der Waals surface area contributed by atoms with Gasteiger partial charge in [-0.15, -0.1) is 0 Å². The predicted molar refractivity (Wildman–Crippen MR) is 103 cm³/mol. The normalized spacial score (nSPS) is 24.2. The summed E-state index contributed by atoms with van der Waals surface area (Å²) in [7, 11) is 0. The molecule has 27 heavy (non-hydrogen) atoms. The number of aliphatic imine (C=N–C) groups is 1. The van der Waals surface area contributed by atoms with Crippen molar-refractivity contribution in [2.24, 2.45) is 16.6 Å². The molecule has 1 aromatic heterocycles. The molecule has 6 nitrogen and oxygen atoms in total. The average molecular weight is 407 g/mol. The van der Waals surface area contributed by atoms with E-state index in [4.69, 9.17) is 22.1 Å². The molecule has 2 aliphatic rings. The van der Waals surface area contributed by atoms with Crippen molar-refractivity contribution >= 4 is 40.1 Å².